The highest BCUT2D eigenvalue weighted by molar-refractivity contribution is 6.01. The summed E-state index contributed by atoms with van der Waals surface area (Å²) < 4.78 is 0. The van der Waals surface area contributed by atoms with Gasteiger partial charge in [-0.3, -0.25) is 4.79 Å². The van der Waals surface area contributed by atoms with Gasteiger partial charge in [0.25, 0.3) is 5.91 Å². The second-order valence-electron chi connectivity index (χ2n) is 6.12. The standard InChI is InChI=1S/C19H18N2O/c1-11-8-9-13-15(10-11)18(21(3)19(13)22)17-12(2)20-16-7-5-4-6-14(16)17/h4-10,18,20H,1-3H3. The lowest BCUT2D eigenvalue weighted by molar-refractivity contribution is 0.0794. The maximum atomic E-state index is 12.6. The van der Waals surface area contributed by atoms with E-state index in [0.717, 1.165) is 22.3 Å². The number of benzene rings is 2. The second-order valence-corrected chi connectivity index (χ2v) is 6.12. The Morgan fingerprint density at radius 3 is 2.68 bits per heavy atom. The lowest BCUT2D eigenvalue weighted by Gasteiger charge is -2.21. The first kappa shape index (κ1) is 13.1. The number of carbonyl (C=O) groups is 1. The molecule has 1 aromatic heterocycles. The van der Waals surface area contributed by atoms with E-state index >= 15 is 0 Å². The fourth-order valence-corrected chi connectivity index (χ4v) is 3.62. The van der Waals surface area contributed by atoms with Gasteiger partial charge in [-0.05, 0) is 31.5 Å². The molecule has 1 aliphatic heterocycles. The van der Waals surface area contributed by atoms with Crippen molar-refractivity contribution in [3.05, 3.63) is 70.4 Å². The van der Waals surface area contributed by atoms with Crippen LogP contribution in [0.2, 0.25) is 0 Å². The number of aryl methyl sites for hydroxylation is 2. The molecule has 3 nitrogen and oxygen atoms in total. The van der Waals surface area contributed by atoms with Crippen molar-refractivity contribution in [1.29, 1.82) is 0 Å². The Balaban J connectivity index is 2.01. The summed E-state index contributed by atoms with van der Waals surface area (Å²) in [5.74, 6) is 0.102. The first-order valence-electron chi connectivity index (χ1n) is 7.53. The van der Waals surface area contributed by atoms with Crippen LogP contribution in [0.15, 0.2) is 42.5 Å². The first-order chi connectivity index (χ1) is 10.6. The highest BCUT2D eigenvalue weighted by atomic mass is 16.2. The minimum Gasteiger partial charge on any atom is -0.358 e. The van der Waals surface area contributed by atoms with Crippen LogP contribution in [0.25, 0.3) is 10.9 Å². The molecule has 1 aliphatic rings. The highest BCUT2D eigenvalue weighted by Crippen LogP contribution is 2.41. The third kappa shape index (κ3) is 1.65. The Hall–Kier alpha value is -2.55. The van der Waals surface area contributed by atoms with Crippen molar-refractivity contribution in [2.45, 2.75) is 19.9 Å². The summed E-state index contributed by atoms with van der Waals surface area (Å²) in [4.78, 5) is 17.9. The average Bonchev–Trinajstić information content (AvgIpc) is 2.94. The predicted molar refractivity (Wildman–Crippen MR) is 88.2 cm³/mol. The number of rotatable bonds is 1. The number of hydrogen-bond donors (Lipinski definition) is 1. The van der Waals surface area contributed by atoms with E-state index in [1.165, 1.54) is 16.5 Å². The molecule has 0 fully saturated rings. The van der Waals surface area contributed by atoms with Crippen molar-refractivity contribution < 1.29 is 4.79 Å². The molecule has 0 bridgehead atoms. The van der Waals surface area contributed by atoms with E-state index in [-0.39, 0.29) is 11.9 Å². The van der Waals surface area contributed by atoms with E-state index < -0.39 is 0 Å². The zero-order valence-corrected chi connectivity index (χ0v) is 13.0. The molecule has 1 N–H and O–H groups in total. The van der Waals surface area contributed by atoms with Crippen molar-refractivity contribution >= 4 is 16.8 Å². The van der Waals surface area contributed by atoms with E-state index in [4.69, 9.17) is 0 Å². The van der Waals surface area contributed by atoms with Crippen molar-refractivity contribution in [2.75, 3.05) is 7.05 Å². The summed E-state index contributed by atoms with van der Waals surface area (Å²) in [6.45, 7) is 4.16. The van der Waals surface area contributed by atoms with Gasteiger partial charge in [0.1, 0.15) is 0 Å². The first-order valence-corrected chi connectivity index (χ1v) is 7.53. The molecular weight excluding hydrogens is 272 g/mol. The van der Waals surface area contributed by atoms with Gasteiger partial charge in [0.05, 0.1) is 6.04 Å². The van der Waals surface area contributed by atoms with Crippen LogP contribution in [0, 0.1) is 13.8 Å². The van der Waals surface area contributed by atoms with Crippen LogP contribution in [-0.2, 0) is 0 Å². The molecule has 0 spiro atoms. The fourth-order valence-electron chi connectivity index (χ4n) is 3.62. The molecule has 1 amide bonds. The molecule has 0 saturated heterocycles. The SMILES string of the molecule is Cc1ccc2c(c1)C(c1c(C)[nH]c3ccccc13)N(C)C2=O. The summed E-state index contributed by atoms with van der Waals surface area (Å²) in [6, 6.07) is 14.4. The van der Waals surface area contributed by atoms with Crippen molar-refractivity contribution in [1.82, 2.24) is 9.88 Å². The van der Waals surface area contributed by atoms with Crippen molar-refractivity contribution in [2.24, 2.45) is 0 Å². The normalized spacial score (nSPS) is 17.3. The van der Waals surface area contributed by atoms with Gasteiger partial charge in [-0.15, -0.1) is 0 Å². The topological polar surface area (TPSA) is 36.1 Å². The molecule has 1 atom stereocenters. The number of aromatic nitrogens is 1. The maximum Gasteiger partial charge on any atom is 0.254 e. The van der Waals surface area contributed by atoms with Crippen molar-refractivity contribution in [3.63, 3.8) is 0 Å². The van der Waals surface area contributed by atoms with Gasteiger partial charge in [0, 0.05) is 34.8 Å². The molecule has 1 unspecified atom stereocenters. The number of aromatic amines is 1. The molecule has 4 rings (SSSR count). The Morgan fingerprint density at radius 1 is 1.09 bits per heavy atom. The lowest BCUT2D eigenvalue weighted by atomic mass is 9.94. The Kier molecular flexibility index (Phi) is 2.67. The van der Waals surface area contributed by atoms with Crippen molar-refractivity contribution in [3.8, 4) is 0 Å². The maximum absolute atomic E-state index is 12.6. The second kappa shape index (κ2) is 4.47. The lowest BCUT2D eigenvalue weighted by Crippen LogP contribution is -2.24. The number of hydrogen-bond acceptors (Lipinski definition) is 1. The minimum atomic E-state index is -0.0152. The molecule has 2 aromatic carbocycles. The number of para-hydroxylation sites is 1. The quantitative estimate of drug-likeness (QED) is 0.723. The highest BCUT2D eigenvalue weighted by Gasteiger charge is 2.37. The van der Waals surface area contributed by atoms with Gasteiger partial charge in [-0.2, -0.15) is 0 Å². The van der Waals surface area contributed by atoms with Gasteiger partial charge in [-0.1, -0.05) is 35.9 Å². The van der Waals surface area contributed by atoms with Crippen LogP contribution < -0.4 is 0 Å². The number of nitrogens with zero attached hydrogens (tertiary/aromatic N) is 1. The van der Waals surface area contributed by atoms with Gasteiger partial charge in [-0.25, -0.2) is 0 Å². The van der Waals surface area contributed by atoms with E-state index in [1.54, 1.807) is 0 Å². The summed E-state index contributed by atoms with van der Waals surface area (Å²) in [5.41, 5.74) is 6.57. The average molecular weight is 290 g/mol. The molecule has 3 aromatic rings. The molecule has 3 heteroatoms. The predicted octanol–water partition coefficient (Wildman–Crippen LogP) is 3.96. The minimum absolute atomic E-state index is 0.0152. The Morgan fingerprint density at radius 2 is 1.86 bits per heavy atom. The number of H-pyrrole nitrogens is 1. The summed E-state index contributed by atoms with van der Waals surface area (Å²) >= 11 is 0. The smallest absolute Gasteiger partial charge is 0.254 e. The third-order valence-corrected chi connectivity index (χ3v) is 4.66. The Bertz CT molecular complexity index is 907. The fraction of sp³-hybridized carbons (Fsp3) is 0.211. The van der Waals surface area contributed by atoms with Crippen LogP contribution in [0.5, 0.6) is 0 Å². The molecule has 2 heterocycles. The zero-order valence-electron chi connectivity index (χ0n) is 13.0. The van der Waals surface area contributed by atoms with Gasteiger partial charge >= 0.3 is 0 Å². The number of carbonyl (C=O) groups excluding carboxylic acids is 1. The van der Waals surface area contributed by atoms with Crippen LogP contribution in [0.1, 0.15) is 38.8 Å². The number of amides is 1. The molecule has 110 valence electrons. The summed E-state index contributed by atoms with van der Waals surface area (Å²) in [6.07, 6.45) is 0. The molecule has 0 saturated carbocycles. The van der Waals surface area contributed by atoms with E-state index in [2.05, 4.69) is 37.0 Å². The summed E-state index contributed by atoms with van der Waals surface area (Å²) in [7, 11) is 1.89. The van der Waals surface area contributed by atoms with Gasteiger partial charge in [0.15, 0.2) is 0 Å². The monoisotopic (exact) mass is 290 g/mol. The van der Waals surface area contributed by atoms with E-state index in [9.17, 15) is 4.79 Å². The van der Waals surface area contributed by atoms with E-state index in [1.807, 2.05) is 36.2 Å². The van der Waals surface area contributed by atoms with E-state index in [0.29, 0.717) is 0 Å². The number of nitrogens with one attached hydrogen (secondary N) is 1. The number of fused-ring (bicyclic) bond motifs is 2. The van der Waals surface area contributed by atoms with Crippen LogP contribution in [-0.4, -0.2) is 22.8 Å². The molecule has 0 aliphatic carbocycles. The zero-order chi connectivity index (χ0) is 15.4. The van der Waals surface area contributed by atoms with Crippen LogP contribution in [0.3, 0.4) is 0 Å². The molecule has 0 radical (unpaired) electrons. The van der Waals surface area contributed by atoms with Crippen LogP contribution >= 0.6 is 0 Å². The van der Waals surface area contributed by atoms with Gasteiger partial charge < -0.3 is 9.88 Å². The van der Waals surface area contributed by atoms with Gasteiger partial charge in [0.2, 0.25) is 0 Å². The summed E-state index contributed by atoms with van der Waals surface area (Å²) in [5, 5.41) is 1.19. The Labute approximate surface area is 129 Å². The largest absolute Gasteiger partial charge is 0.358 e. The third-order valence-electron chi connectivity index (χ3n) is 4.66. The molecular formula is C19H18N2O. The van der Waals surface area contributed by atoms with Crippen LogP contribution in [0.4, 0.5) is 0 Å². The molecule has 22 heavy (non-hydrogen) atoms.